The maximum Gasteiger partial charge on any atom is 0.230 e. The molecule has 1 saturated carbocycles. The van der Waals surface area contributed by atoms with Crippen LogP contribution >= 0.6 is 11.6 Å². The number of nitrogens with one attached hydrogen (secondary N) is 2. The molecule has 0 atom stereocenters. The lowest BCUT2D eigenvalue weighted by molar-refractivity contribution is -0.123. The average molecular weight is 368 g/mol. The van der Waals surface area contributed by atoms with E-state index in [0.29, 0.717) is 23.8 Å². The number of halogens is 1. The van der Waals surface area contributed by atoms with E-state index in [1.807, 2.05) is 36.4 Å². The van der Waals surface area contributed by atoms with Crippen LogP contribution in [-0.2, 0) is 16.6 Å². The number of H-pyrrole nitrogens is 1. The SMILES string of the molecule is O=C(NCCc1nc(-c2cccnc2)n[nH]1)C1(c2ccc(Cl)cc2)CC1. The van der Waals surface area contributed by atoms with Crippen molar-refractivity contribution in [3.8, 4) is 11.4 Å². The zero-order valence-electron chi connectivity index (χ0n) is 14.1. The highest BCUT2D eigenvalue weighted by atomic mass is 35.5. The molecule has 0 saturated heterocycles. The van der Waals surface area contributed by atoms with Crippen molar-refractivity contribution in [1.29, 1.82) is 0 Å². The summed E-state index contributed by atoms with van der Waals surface area (Å²) >= 11 is 5.94. The topological polar surface area (TPSA) is 83.6 Å². The second-order valence-corrected chi connectivity index (χ2v) is 6.88. The van der Waals surface area contributed by atoms with Crippen LogP contribution in [0.4, 0.5) is 0 Å². The molecule has 2 N–H and O–H groups in total. The molecule has 3 aromatic rings. The van der Waals surface area contributed by atoms with Crippen molar-refractivity contribution in [2.45, 2.75) is 24.7 Å². The van der Waals surface area contributed by atoms with Gasteiger partial charge in [-0.15, -0.1) is 0 Å². The van der Waals surface area contributed by atoms with Gasteiger partial charge in [0.15, 0.2) is 5.82 Å². The van der Waals surface area contributed by atoms with Crippen molar-refractivity contribution in [2.75, 3.05) is 6.54 Å². The van der Waals surface area contributed by atoms with Gasteiger partial charge in [-0.05, 0) is 42.7 Å². The van der Waals surface area contributed by atoms with Crippen molar-refractivity contribution < 1.29 is 4.79 Å². The first kappa shape index (κ1) is 16.7. The van der Waals surface area contributed by atoms with Gasteiger partial charge < -0.3 is 5.32 Å². The Bertz CT molecular complexity index is 903. The summed E-state index contributed by atoms with van der Waals surface area (Å²) in [6.45, 7) is 0.510. The van der Waals surface area contributed by atoms with Crippen LogP contribution in [0.3, 0.4) is 0 Å². The van der Waals surface area contributed by atoms with E-state index in [-0.39, 0.29) is 5.91 Å². The van der Waals surface area contributed by atoms with E-state index in [9.17, 15) is 4.79 Å². The van der Waals surface area contributed by atoms with Crippen LogP contribution in [0.25, 0.3) is 11.4 Å². The van der Waals surface area contributed by atoms with Crippen LogP contribution in [0.2, 0.25) is 5.02 Å². The summed E-state index contributed by atoms with van der Waals surface area (Å²) in [6.07, 6.45) is 5.76. The van der Waals surface area contributed by atoms with Crippen molar-refractivity contribution in [2.24, 2.45) is 0 Å². The number of nitrogens with zero attached hydrogens (tertiary/aromatic N) is 3. The standard InChI is InChI=1S/C19H18ClN5O/c20-15-5-3-14(4-6-15)19(8-9-19)18(26)22-11-7-16-23-17(25-24-16)13-2-1-10-21-12-13/h1-6,10,12H,7-9,11H2,(H,22,26)(H,23,24,25). The second-order valence-electron chi connectivity index (χ2n) is 6.44. The minimum Gasteiger partial charge on any atom is -0.355 e. The lowest BCUT2D eigenvalue weighted by Gasteiger charge is -2.15. The molecule has 2 heterocycles. The first-order chi connectivity index (χ1) is 12.7. The van der Waals surface area contributed by atoms with Crippen molar-refractivity contribution in [3.05, 3.63) is 65.2 Å². The lowest BCUT2D eigenvalue weighted by atomic mass is 9.95. The maximum absolute atomic E-state index is 12.6. The van der Waals surface area contributed by atoms with E-state index in [4.69, 9.17) is 11.6 Å². The molecular weight excluding hydrogens is 350 g/mol. The number of carbonyl (C=O) groups excluding carboxylic acids is 1. The third-order valence-electron chi connectivity index (χ3n) is 4.68. The Morgan fingerprint density at radius 2 is 2.04 bits per heavy atom. The molecule has 1 aromatic carbocycles. The summed E-state index contributed by atoms with van der Waals surface area (Å²) in [5.74, 6) is 1.41. The van der Waals surface area contributed by atoms with Crippen LogP contribution in [0.15, 0.2) is 48.8 Å². The monoisotopic (exact) mass is 367 g/mol. The molecule has 1 amide bonds. The van der Waals surface area contributed by atoms with Crippen molar-refractivity contribution >= 4 is 17.5 Å². The highest BCUT2D eigenvalue weighted by Gasteiger charge is 2.50. The molecule has 1 aliphatic rings. The quantitative estimate of drug-likeness (QED) is 0.701. The fourth-order valence-corrected chi connectivity index (χ4v) is 3.16. The summed E-state index contributed by atoms with van der Waals surface area (Å²) in [5.41, 5.74) is 1.49. The van der Waals surface area contributed by atoms with E-state index in [2.05, 4.69) is 25.5 Å². The molecule has 0 radical (unpaired) electrons. The molecule has 6 nitrogen and oxygen atoms in total. The molecule has 1 aliphatic carbocycles. The summed E-state index contributed by atoms with van der Waals surface area (Å²) in [7, 11) is 0. The van der Waals surface area contributed by atoms with Gasteiger partial charge in [-0.1, -0.05) is 23.7 Å². The number of aromatic amines is 1. The second kappa shape index (κ2) is 6.88. The van der Waals surface area contributed by atoms with Gasteiger partial charge in [0, 0.05) is 35.9 Å². The number of aromatic nitrogens is 4. The summed E-state index contributed by atoms with van der Waals surface area (Å²) in [5, 5.41) is 10.8. The van der Waals surface area contributed by atoms with E-state index >= 15 is 0 Å². The largest absolute Gasteiger partial charge is 0.355 e. The fourth-order valence-electron chi connectivity index (χ4n) is 3.04. The molecule has 7 heteroatoms. The lowest BCUT2D eigenvalue weighted by Crippen LogP contribution is -2.36. The van der Waals surface area contributed by atoms with E-state index in [1.165, 1.54) is 0 Å². The van der Waals surface area contributed by atoms with Gasteiger partial charge in [0.05, 0.1) is 5.41 Å². The predicted octanol–water partition coefficient (Wildman–Crippen LogP) is 2.91. The molecular formula is C19H18ClN5O. The third kappa shape index (κ3) is 3.32. The van der Waals surface area contributed by atoms with Gasteiger partial charge >= 0.3 is 0 Å². The van der Waals surface area contributed by atoms with Crippen LogP contribution in [0, 0.1) is 0 Å². The Morgan fingerprint density at radius 3 is 2.73 bits per heavy atom. The molecule has 2 aromatic heterocycles. The van der Waals surface area contributed by atoms with Crippen molar-refractivity contribution in [1.82, 2.24) is 25.5 Å². The van der Waals surface area contributed by atoms with Gasteiger partial charge in [0.25, 0.3) is 0 Å². The van der Waals surface area contributed by atoms with Crippen LogP contribution in [-0.4, -0.2) is 32.6 Å². The Labute approximate surface area is 156 Å². The van der Waals surface area contributed by atoms with E-state index in [0.717, 1.165) is 29.8 Å². The number of pyridine rings is 1. The average Bonchev–Trinajstić information content (AvgIpc) is 3.35. The number of hydrogen-bond acceptors (Lipinski definition) is 4. The minimum absolute atomic E-state index is 0.0619. The molecule has 4 rings (SSSR count). The van der Waals surface area contributed by atoms with Gasteiger partial charge in [-0.25, -0.2) is 4.98 Å². The molecule has 0 spiro atoms. The van der Waals surface area contributed by atoms with Crippen LogP contribution in [0.1, 0.15) is 24.2 Å². The number of carbonyl (C=O) groups is 1. The molecule has 0 aliphatic heterocycles. The number of benzene rings is 1. The number of hydrogen-bond donors (Lipinski definition) is 2. The van der Waals surface area contributed by atoms with Gasteiger partial charge in [-0.3, -0.25) is 14.9 Å². The van der Waals surface area contributed by atoms with Crippen LogP contribution < -0.4 is 5.32 Å². The first-order valence-corrected chi connectivity index (χ1v) is 8.91. The summed E-state index contributed by atoms with van der Waals surface area (Å²) in [4.78, 5) is 21.1. The third-order valence-corrected chi connectivity index (χ3v) is 4.93. The summed E-state index contributed by atoms with van der Waals surface area (Å²) in [6, 6.07) is 11.3. The minimum atomic E-state index is -0.396. The molecule has 1 fully saturated rings. The fraction of sp³-hybridized carbons (Fsp3) is 0.263. The molecule has 0 bridgehead atoms. The van der Waals surface area contributed by atoms with E-state index in [1.54, 1.807) is 12.4 Å². The Balaban J connectivity index is 1.34. The van der Waals surface area contributed by atoms with Crippen LogP contribution in [0.5, 0.6) is 0 Å². The highest BCUT2D eigenvalue weighted by Crippen LogP contribution is 2.48. The molecule has 26 heavy (non-hydrogen) atoms. The van der Waals surface area contributed by atoms with Gasteiger partial charge in [0.2, 0.25) is 5.91 Å². The predicted molar refractivity (Wildman–Crippen MR) is 98.7 cm³/mol. The maximum atomic E-state index is 12.6. The highest BCUT2D eigenvalue weighted by molar-refractivity contribution is 6.30. The Morgan fingerprint density at radius 1 is 1.23 bits per heavy atom. The smallest absolute Gasteiger partial charge is 0.230 e. The molecule has 0 unspecified atom stereocenters. The molecule has 132 valence electrons. The zero-order chi connectivity index (χ0) is 18.0. The Hall–Kier alpha value is -2.73. The normalized spacial score (nSPS) is 14.8. The zero-order valence-corrected chi connectivity index (χ0v) is 14.8. The van der Waals surface area contributed by atoms with Gasteiger partial charge in [-0.2, -0.15) is 5.10 Å². The summed E-state index contributed by atoms with van der Waals surface area (Å²) < 4.78 is 0. The Kier molecular flexibility index (Phi) is 4.42. The van der Waals surface area contributed by atoms with E-state index < -0.39 is 5.41 Å². The van der Waals surface area contributed by atoms with Gasteiger partial charge in [0.1, 0.15) is 5.82 Å². The number of rotatable bonds is 6. The van der Waals surface area contributed by atoms with Crippen molar-refractivity contribution in [3.63, 3.8) is 0 Å². The number of amides is 1. The first-order valence-electron chi connectivity index (χ1n) is 8.53.